The van der Waals surface area contributed by atoms with E-state index in [0.29, 0.717) is 22.9 Å². The van der Waals surface area contributed by atoms with Gasteiger partial charge in [0.1, 0.15) is 18.0 Å². The van der Waals surface area contributed by atoms with Crippen molar-refractivity contribution >= 4 is 0 Å². The van der Waals surface area contributed by atoms with Crippen LogP contribution >= 0.6 is 0 Å². The maximum absolute atomic E-state index is 5.83. The number of hydrogen-bond acceptors (Lipinski definition) is 6. The van der Waals surface area contributed by atoms with E-state index in [9.17, 15) is 0 Å². The highest BCUT2D eigenvalue weighted by molar-refractivity contribution is 5.43. The van der Waals surface area contributed by atoms with Crippen LogP contribution in [0, 0.1) is 6.92 Å². The van der Waals surface area contributed by atoms with E-state index in [2.05, 4.69) is 14.9 Å². The summed E-state index contributed by atoms with van der Waals surface area (Å²) in [6.07, 6.45) is 0. The van der Waals surface area contributed by atoms with Crippen molar-refractivity contribution in [3.8, 4) is 11.5 Å². The average molecular weight is 263 g/mol. The lowest BCUT2D eigenvalue weighted by Crippen LogP contribution is -2.06. The molecule has 6 heteroatoms. The van der Waals surface area contributed by atoms with Crippen molar-refractivity contribution in [3.63, 3.8) is 0 Å². The Bertz CT molecular complexity index is 552. The van der Waals surface area contributed by atoms with Crippen LogP contribution in [-0.4, -0.2) is 17.4 Å². The molecule has 0 fully saturated rings. The Labute approximate surface area is 111 Å². The van der Waals surface area contributed by atoms with Gasteiger partial charge in [-0.3, -0.25) is 0 Å². The van der Waals surface area contributed by atoms with E-state index in [1.54, 1.807) is 7.11 Å². The third kappa shape index (κ3) is 3.03. The third-order valence-electron chi connectivity index (χ3n) is 2.82. The summed E-state index contributed by atoms with van der Waals surface area (Å²) in [5.74, 6) is 1.28. The van der Waals surface area contributed by atoms with Crippen LogP contribution in [0.25, 0.3) is 0 Å². The first-order valence-corrected chi connectivity index (χ1v) is 5.96. The molecule has 2 rings (SSSR count). The molecule has 1 heterocycles. The monoisotopic (exact) mass is 263 g/mol. The molecule has 0 bridgehead atoms. The Morgan fingerprint density at radius 3 is 2.68 bits per heavy atom. The maximum atomic E-state index is 5.83. The molecule has 102 valence electrons. The van der Waals surface area contributed by atoms with Crippen molar-refractivity contribution in [3.05, 3.63) is 35.2 Å². The van der Waals surface area contributed by atoms with Gasteiger partial charge >= 0.3 is 0 Å². The lowest BCUT2D eigenvalue weighted by molar-refractivity contribution is 0.260. The highest BCUT2D eigenvalue weighted by atomic mass is 16.6. The Morgan fingerprint density at radius 1 is 1.32 bits per heavy atom. The average Bonchev–Trinajstić information content (AvgIpc) is 2.81. The molecule has 0 unspecified atom stereocenters. The number of ether oxygens (including phenoxy) is 2. The molecule has 0 aliphatic carbocycles. The number of benzene rings is 1. The quantitative estimate of drug-likeness (QED) is 0.888. The van der Waals surface area contributed by atoms with Crippen LogP contribution in [0.5, 0.6) is 11.5 Å². The first-order valence-electron chi connectivity index (χ1n) is 5.96. The number of nitrogens with zero attached hydrogens (tertiary/aromatic N) is 2. The van der Waals surface area contributed by atoms with Crippen LogP contribution in [0.2, 0.25) is 0 Å². The van der Waals surface area contributed by atoms with Gasteiger partial charge in [0, 0.05) is 6.04 Å². The van der Waals surface area contributed by atoms with Crippen LogP contribution in [0.3, 0.4) is 0 Å². The summed E-state index contributed by atoms with van der Waals surface area (Å²) in [5.41, 5.74) is 8.20. The Hall–Kier alpha value is -2.08. The van der Waals surface area contributed by atoms with Gasteiger partial charge in [-0.1, -0.05) is 16.4 Å². The molecule has 0 radical (unpaired) electrons. The second-order valence-corrected chi connectivity index (χ2v) is 4.28. The standard InChI is InChI=1S/C13H17N3O3/c1-8(14)10-4-5-12(13(6-10)17-3)18-7-11-9(2)15-19-16-11/h4-6,8H,7,14H2,1-3H3/t8-/m0/s1. The van der Waals surface area contributed by atoms with E-state index < -0.39 is 0 Å². The number of rotatable bonds is 5. The smallest absolute Gasteiger partial charge is 0.161 e. The Balaban J connectivity index is 2.14. The fraction of sp³-hybridized carbons (Fsp3) is 0.385. The van der Waals surface area contributed by atoms with Crippen LogP contribution in [0.15, 0.2) is 22.8 Å². The highest BCUT2D eigenvalue weighted by Crippen LogP contribution is 2.30. The van der Waals surface area contributed by atoms with Gasteiger partial charge < -0.3 is 15.2 Å². The lowest BCUT2D eigenvalue weighted by Gasteiger charge is -2.13. The van der Waals surface area contributed by atoms with Gasteiger partial charge in [-0.15, -0.1) is 0 Å². The van der Waals surface area contributed by atoms with Crippen molar-refractivity contribution < 1.29 is 14.1 Å². The number of methoxy groups -OCH3 is 1. The summed E-state index contributed by atoms with van der Waals surface area (Å²) in [6, 6.07) is 5.56. The van der Waals surface area contributed by atoms with Gasteiger partial charge in [0.25, 0.3) is 0 Å². The van der Waals surface area contributed by atoms with Gasteiger partial charge in [-0.25, -0.2) is 4.63 Å². The molecule has 2 aromatic rings. The number of nitrogens with two attached hydrogens (primary N) is 1. The van der Waals surface area contributed by atoms with E-state index in [1.807, 2.05) is 32.0 Å². The fourth-order valence-electron chi connectivity index (χ4n) is 1.61. The van der Waals surface area contributed by atoms with E-state index in [0.717, 1.165) is 5.56 Å². The van der Waals surface area contributed by atoms with Crippen molar-refractivity contribution in [2.45, 2.75) is 26.5 Å². The molecule has 1 aromatic heterocycles. The second-order valence-electron chi connectivity index (χ2n) is 4.28. The molecule has 0 aliphatic heterocycles. The zero-order valence-corrected chi connectivity index (χ0v) is 11.2. The predicted molar refractivity (Wildman–Crippen MR) is 69.0 cm³/mol. The van der Waals surface area contributed by atoms with Gasteiger partial charge in [-0.05, 0) is 31.5 Å². The second kappa shape index (κ2) is 5.71. The van der Waals surface area contributed by atoms with E-state index in [1.165, 1.54) is 0 Å². The van der Waals surface area contributed by atoms with Gasteiger partial charge in [0.15, 0.2) is 11.5 Å². The topological polar surface area (TPSA) is 83.4 Å². The van der Waals surface area contributed by atoms with Crippen LogP contribution < -0.4 is 15.2 Å². The minimum absolute atomic E-state index is 0.0510. The van der Waals surface area contributed by atoms with Gasteiger partial charge in [0.05, 0.1) is 7.11 Å². The molecule has 0 amide bonds. The van der Waals surface area contributed by atoms with Crippen molar-refractivity contribution in [2.75, 3.05) is 7.11 Å². The van der Waals surface area contributed by atoms with E-state index in [4.69, 9.17) is 15.2 Å². The molecule has 1 atom stereocenters. The summed E-state index contributed by atoms with van der Waals surface area (Å²) >= 11 is 0. The number of aryl methyl sites for hydroxylation is 1. The Morgan fingerprint density at radius 2 is 2.11 bits per heavy atom. The molecule has 0 saturated carbocycles. The largest absolute Gasteiger partial charge is 0.493 e. The zero-order valence-electron chi connectivity index (χ0n) is 11.2. The molecule has 19 heavy (non-hydrogen) atoms. The number of hydrogen-bond donors (Lipinski definition) is 1. The van der Waals surface area contributed by atoms with Gasteiger partial charge in [0.2, 0.25) is 0 Å². The molecule has 6 nitrogen and oxygen atoms in total. The molecular weight excluding hydrogens is 246 g/mol. The first-order chi connectivity index (χ1) is 9.11. The molecular formula is C13H17N3O3. The SMILES string of the molecule is COc1cc([C@H](C)N)ccc1OCc1nonc1C. The lowest BCUT2D eigenvalue weighted by atomic mass is 10.1. The maximum Gasteiger partial charge on any atom is 0.161 e. The first kappa shape index (κ1) is 13.4. The zero-order chi connectivity index (χ0) is 13.8. The van der Waals surface area contributed by atoms with Crippen LogP contribution in [-0.2, 0) is 6.61 Å². The minimum Gasteiger partial charge on any atom is -0.493 e. The third-order valence-corrected chi connectivity index (χ3v) is 2.82. The molecule has 0 saturated heterocycles. The minimum atomic E-state index is -0.0510. The van der Waals surface area contributed by atoms with Crippen molar-refractivity contribution in [1.29, 1.82) is 0 Å². The molecule has 0 spiro atoms. The highest BCUT2D eigenvalue weighted by Gasteiger charge is 2.11. The van der Waals surface area contributed by atoms with Crippen LogP contribution in [0.1, 0.15) is 29.9 Å². The number of aromatic nitrogens is 2. The van der Waals surface area contributed by atoms with Crippen molar-refractivity contribution in [1.82, 2.24) is 10.3 Å². The molecule has 0 aliphatic rings. The molecule has 2 N–H and O–H groups in total. The summed E-state index contributed by atoms with van der Waals surface area (Å²) in [4.78, 5) is 0. The summed E-state index contributed by atoms with van der Waals surface area (Å²) in [5, 5.41) is 7.46. The van der Waals surface area contributed by atoms with E-state index >= 15 is 0 Å². The normalized spacial score (nSPS) is 12.2. The van der Waals surface area contributed by atoms with Crippen LogP contribution in [0.4, 0.5) is 0 Å². The fourth-order valence-corrected chi connectivity index (χ4v) is 1.61. The van der Waals surface area contributed by atoms with E-state index in [-0.39, 0.29) is 12.6 Å². The molecule has 1 aromatic carbocycles. The summed E-state index contributed by atoms with van der Waals surface area (Å²) < 4.78 is 15.6. The summed E-state index contributed by atoms with van der Waals surface area (Å²) in [7, 11) is 1.59. The summed E-state index contributed by atoms with van der Waals surface area (Å²) in [6.45, 7) is 4.01. The predicted octanol–water partition coefficient (Wildman–Crippen LogP) is 1.99. The Kier molecular flexibility index (Phi) is 4.01. The van der Waals surface area contributed by atoms with Crippen molar-refractivity contribution in [2.24, 2.45) is 5.73 Å². The van der Waals surface area contributed by atoms with Gasteiger partial charge in [-0.2, -0.15) is 0 Å².